The van der Waals surface area contributed by atoms with Gasteiger partial charge in [-0.15, -0.1) is 0 Å². The van der Waals surface area contributed by atoms with Gasteiger partial charge in [-0.2, -0.15) is 0 Å². The molecule has 1 aromatic heterocycles. The van der Waals surface area contributed by atoms with Crippen LogP contribution in [0.4, 0.5) is 0 Å². The van der Waals surface area contributed by atoms with Crippen LogP contribution in [0.1, 0.15) is 47.2 Å². The second-order valence-electron chi connectivity index (χ2n) is 7.02. The van der Waals surface area contributed by atoms with Crippen molar-refractivity contribution < 1.29 is 14.3 Å². The third kappa shape index (κ3) is 3.26. The van der Waals surface area contributed by atoms with E-state index in [-0.39, 0.29) is 17.8 Å². The zero-order valence-corrected chi connectivity index (χ0v) is 14.5. The number of rotatable bonds is 5. The molecule has 0 bridgehead atoms. The number of nitrogens with zero attached hydrogens (tertiary/aromatic N) is 1. The first kappa shape index (κ1) is 16.1. The van der Waals surface area contributed by atoms with Crippen LogP contribution in [0.3, 0.4) is 0 Å². The Balaban J connectivity index is 1.57. The molecule has 1 unspecified atom stereocenters. The molecule has 0 saturated heterocycles. The third-order valence-corrected chi connectivity index (χ3v) is 5.29. The number of Topliss-reactive ketones (excluding diaryl/α,β-unsaturated/α-hetero) is 1. The predicted molar refractivity (Wildman–Crippen MR) is 95.3 cm³/mol. The van der Waals surface area contributed by atoms with Crippen LogP contribution < -0.4 is 9.47 Å². The van der Waals surface area contributed by atoms with E-state index in [1.54, 1.807) is 13.3 Å². The molecule has 130 valence electrons. The van der Waals surface area contributed by atoms with Crippen molar-refractivity contribution in [2.45, 2.75) is 44.6 Å². The van der Waals surface area contributed by atoms with Gasteiger partial charge in [-0.25, -0.2) is 0 Å². The highest BCUT2D eigenvalue weighted by atomic mass is 16.5. The highest BCUT2D eigenvalue weighted by Crippen LogP contribution is 2.39. The summed E-state index contributed by atoms with van der Waals surface area (Å²) < 4.78 is 11.7. The van der Waals surface area contributed by atoms with E-state index in [9.17, 15) is 4.79 Å². The van der Waals surface area contributed by atoms with Crippen LogP contribution in [0, 0.1) is 5.92 Å². The van der Waals surface area contributed by atoms with Crippen LogP contribution in [-0.2, 0) is 12.8 Å². The van der Waals surface area contributed by atoms with Gasteiger partial charge in [-0.05, 0) is 67.9 Å². The Labute approximate surface area is 148 Å². The summed E-state index contributed by atoms with van der Waals surface area (Å²) in [6.07, 6.45) is 9.90. The number of benzene rings is 1. The Morgan fingerprint density at radius 3 is 2.76 bits per heavy atom. The summed E-state index contributed by atoms with van der Waals surface area (Å²) in [5.74, 6) is 1.63. The molecule has 1 atom stereocenters. The molecule has 0 spiro atoms. The molecule has 2 aliphatic rings. The molecule has 1 aromatic carbocycles. The molecule has 2 aliphatic carbocycles. The first-order chi connectivity index (χ1) is 12.2. The van der Waals surface area contributed by atoms with Crippen LogP contribution in [0.5, 0.6) is 11.5 Å². The van der Waals surface area contributed by atoms with E-state index in [0.717, 1.165) is 48.1 Å². The number of pyridine rings is 1. The van der Waals surface area contributed by atoms with E-state index >= 15 is 0 Å². The van der Waals surface area contributed by atoms with E-state index in [1.165, 1.54) is 12.8 Å². The van der Waals surface area contributed by atoms with Crippen molar-refractivity contribution in [3.63, 3.8) is 0 Å². The molecule has 0 radical (unpaired) electrons. The van der Waals surface area contributed by atoms with Gasteiger partial charge in [0.15, 0.2) is 17.3 Å². The Bertz CT molecular complexity index is 766. The average molecular weight is 337 g/mol. The molecule has 4 nitrogen and oxygen atoms in total. The van der Waals surface area contributed by atoms with Gasteiger partial charge in [0.2, 0.25) is 0 Å². The molecule has 0 aliphatic heterocycles. The summed E-state index contributed by atoms with van der Waals surface area (Å²) in [4.78, 5) is 17.0. The molecule has 4 rings (SSSR count). The van der Waals surface area contributed by atoms with Gasteiger partial charge in [-0.3, -0.25) is 9.78 Å². The first-order valence-electron chi connectivity index (χ1n) is 9.05. The normalized spacial score (nSPS) is 19.9. The SMILES string of the molecule is COc1cc2c(cc1OC1CCCC1)C(=O)C(Cc1cccnc1)C2. The molecule has 1 fully saturated rings. The highest BCUT2D eigenvalue weighted by molar-refractivity contribution is 6.03. The largest absolute Gasteiger partial charge is 0.493 e. The van der Waals surface area contributed by atoms with Crippen LogP contribution in [0.15, 0.2) is 36.7 Å². The fourth-order valence-corrected chi connectivity index (χ4v) is 3.98. The number of hydrogen-bond donors (Lipinski definition) is 0. The van der Waals surface area contributed by atoms with Crippen LogP contribution in [-0.4, -0.2) is 24.0 Å². The van der Waals surface area contributed by atoms with Gasteiger partial charge in [0.25, 0.3) is 0 Å². The van der Waals surface area contributed by atoms with Crippen molar-refractivity contribution in [1.82, 2.24) is 4.98 Å². The number of carbonyl (C=O) groups excluding carboxylic acids is 1. The highest BCUT2D eigenvalue weighted by Gasteiger charge is 2.32. The third-order valence-electron chi connectivity index (χ3n) is 5.29. The molecule has 0 N–H and O–H groups in total. The van der Waals surface area contributed by atoms with Crippen molar-refractivity contribution in [2.24, 2.45) is 5.92 Å². The maximum Gasteiger partial charge on any atom is 0.167 e. The second-order valence-corrected chi connectivity index (χ2v) is 7.02. The van der Waals surface area contributed by atoms with Gasteiger partial charge in [-0.1, -0.05) is 6.07 Å². The van der Waals surface area contributed by atoms with Gasteiger partial charge < -0.3 is 9.47 Å². The van der Waals surface area contributed by atoms with Crippen molar-refractivity contribution in [1.29, 1.82) is 0 Å². The standard InChI is InChI=1S/C21H23NO3/c1-24-19-11-15-10-16(9-14-5-4-8-22-13-14)21(23)18(15)12-20(19)25-17-6-2-3-7-17/h4-5,8,11-13,16-17H,2-3,6-7,9-10H2,1H3. The van der Waals surface area contributed by atoms with Gasteiger partial charge >= 0.3 is 0 Å². The van der Waals surface area contributed by atoms with Gasteiger partial charge in [0, 0.05) is 23.9 Å². The lowest BCUT2D eigenvalue weighted by atomic mass is 9.97. The van der Waals surface area contributed by atoms with E-state index in [1.807, 2.05) is 30.5 Å². The number of ether oxygens (including phenoxy) is 2. The first-order valence-corrected chi connectivity index (χ1v) is 9.05. The Morgan fingerprint density at radius 1 is 1.20 bits per heavy atom. The van der Waals surface area contributed by atoms with E-state index < -0.39 is 0 Å². The predicted octanol–water partition coefficient (Wildman–Crippen LogP) is 4.01. The smallest absolute Gasteiger partial charge is 0.167 e. The molecular formula is C21H23NO3. The zero-order chi connectivity index (χ0) is 17.2. The summed E-state index contributed by atoms with van der Waals surface area (Å²) >= 11 is 0. The minimum Gasteiger partial charge on any atom is -0.493 e. The number of ketones is 1. The van der Waals surface area contributed by atoms with Crippen molar-refractivity contribution in [3.05, 3.63) is 53.3 Å². The fourth-order valence-electron chi connectivity index (χ4n) is 3.98. The Kier molecular flexibility index (Phi) is 4.43. The monoisotopic (exact) mass is 337 g/mol. The van der Waals surface area contributed by atoms with Crippen LogP contribution in [0.25, 0.3) is 0 Å². The minimum absolute atomic E-state index is 0.0226. The lowest BCUT2D eigenvalue weighted by molar-refractivity contribution is 0.0935. The quantitative estimate of drug-likeness (QED) is 0.827. The number of aromatic nitrogens is 1. The molecule has 1 heterocycles. The lowest BCUT2D eigenvalue weighted by Gasteiger charge is -2.17. The van der Waals surface area contributed by atoms with Crippen LogP contribution in [0.2, 0.25) is 0 Å². The second kappa shape index (κ2) is 6.87. The number of fused-ring (bicyclic) bond motifs is 1. The van der Waals surface area contributed by atoms with Crippen LogP contribution >= 0.6 is 0 Å². The zero-order valence-electron chi connectivity index (χ0n) is 14.5. The van der Waals surface area contributed by atoms with E-state index in [4.69, 9.17) is 9.47 Å². The maximum absolute atomic E-state index is 12.9. The van der Waals surface area contributed by atoms with E-state index in [0.29, 0.717) is 5.75 Å². The Morgan fingerprint density at radius 2 is 2.04 bits per heavy atom. The number of hydrogen-bond acceptors (Lipinski definition) is 4. The van der Waals surface area contributed by atoms with Crippen molar-refractivity contribution in [3.8, 4) is 11.5 Å². The molecule has 25 heavy (non-hydrogen) atoms. The minimum atomic E-state index is -0.0226. The molecule has 4 heteroatoms. The summed E-state index contributed by atoms with van der Waals surface area (Å²) in [5, 5.41) is 0. The topological polar surface area (TPSA) is 48.4 Å². The number of methoxy groups -OCH3 is 1. The fraction of sp³-hybridized carbons (Fsp3) is 0.429. The maximum atomic E-state index is 12.9. The Hall–Kier alpha value is -2.36. The molecule has 1 saturated carbocycles. The van der Waals surface area contributed by atoms with Crippen molar-refractivity contribution >= 4 is 5.78 Å². The van der Waals surface area contributed by atoms with Crippen molar-refractivity contribution in [2.75, 3.05) is 7.11 Å². The summed E-state index contributed by atoms with van der Waals surface area (Å²) in [6.45, 7) is 0. The number of carbonyl (C=O) groups is 1. The van der Waals surface area contributed by atoms with Gasteiger partial charge in [0.05, 0.1) is 13.2 Å². The summed E-state index contributed by atoms with van der Waals surface area (Å²) in [5.41, 5.74) is 2.96. The molecular weight excluding hydrogens is 314 g/mol. The lowest BCUT2D eigenvalue weighted by Crippen LogP contribution is -2.13. The summed E-state index contributed by atoms with van der Waals surface area (Å²) in [7, 11) is 1.66. The molecule has 0 amide bonds. The summed E-state index contributed by atoms with van der Waals surface area (Å²) in [6, 6.07) is 7.83. The van der Waals surface area contributed by atoms with Gasteiger partial charge in [0.1, 0.15) is 0 Å². The molecule has 2 aromatic rings. The average Bonchev–Trinajstić information content (AvgIpc) is 3.24. The van der Waals surface area contributed by atoms with E-state index in [2.05, 4.69) is 4.98 Å².